The van der Waals surface area contributed by atoms with Crippen molar-refractivity contribution < 1.29 is 14.4 Å². The molecule has 0 aromatic carbocycles. The average Bonchev–Trinajstić information content (AvgIpc) is 2.62. The largest absolute Gasteiger partial charge is 0.370 e. The second-order valence-electron chi connectivity index (χ2n) is 8.14. The van der Waals surface area contributed by atoms with E-state index in [0.717, 1.165) is 25.7 Å². The molecule has 9 nitrogen and oxygen atoms in total. The van der Waals surface area contributed by atoms with Crippen LogP contribution in [-0.4, -0.2) is 59.8 Å². The Hall–Kier alpha value is -2.32. The summed E-state index contributed by atoms with van der Waals surface area (Å²) in [5.41, 5.74) is 10.6. The molecule has 2 atom stereocenters. The summed E-state index contributed by atoms with van der Waals surface area (Å²) in [6.07, 6.45) is 6.16. The highest BCUT2D eigenvalue weighted by Gasteiger charge is 2.44. The van der Waals surface area contributed by atoms with Crippen LogP contribution in [0.3, 0.4) is 0 Å². The third-order valence-electron chi connectivity index (χ3n) is 5.16. The highest BCUT2D eigenvalue weighted by molar-refractivity contribution is 6.10. The number of hydrogen-bond donors (Lipinski definition) is 4. The number of nitrogens with zero attached hydrogens (tertiary/aromatic N) is 2. The lowest BCUT2D eigenvalue weighted by Gasteiger charge is -2.39. The number of piperazine rings is 1. The summed E-state index contributed by atoms with van der Waals surface area (Å²) in [6, 6.07) is -1.67. The third-order valence-corrected chi connectivity index (χ3v) is 5.16. The maximum atomic E-state index is 13.0. The number of rotatable bonds is 8. The van der Waals surface area contributed by atoms with E-state index in [1.54, 1.807) is 0 Å². The molecule has 1 aliphatic carbocycles. The van der Waals surface area contributed by atoms with Crippen molar-refractivity contribution in [1.82, 2.24) is 15.5 Å². The molecule has 2 unspecified atom stereocenters. The minimum atomic E-state index is -1.11. The van der Waals surface area contributed by atoms with Crippen molar-refractivity contribution in [3.63, 3.8) is 0 Å². The Morgan fingerprint density at radius 1 is 1.25 bits per heavy atom. The lowest BCUT2D eigenvalue weighted by atomic mass is 9.94. The van der Waals surface area contributed by atoms with Crippen LogP contribution in [0, 0.1) is 5.92 Å². The molecule has 1 saturated heterocycles. The molecule has 0 aromatic heterocycles. The predicted octanol–water partition coefficient (Wildman–Crippen LogP) is -0.159. The fourth-order valence-electron chi connectivity index (χ4n) is 3.86. The SMILES string of the molecule is CC(C)CN1C(=O)C(CCCN=C(N)N)NC(=O)C1C(=O)NC1CCCCC1. The molecule has 0 aromatic rings. The van der Waals surface area contributed by atoms with Gasteiger partial charge in [-0.05, 0) is 31.6 Å². The number of nitrogens with one attached hydrogen (secondary N) is 2. The molecule has 9 heteroatoms. The Labute approximate surface area is 166 Å². The molecule has 0 spiro atoms. The molecule has 1 aliphatic heterocycles. The van der Waals surface area contributed by atoms with Crippen LogP contribution in [0.4, 0.5) is 0 Å². The number of amides is 3. The fourth-order valence-corrected chi connectivity index (χ4v) is 3.86. The van der Waals surface area contributed by atoms with E-state index in [-0.39, 0.29) is 29.7 Å². The van der Waals surface area contributed by atoms with Crippen molar-refractivity contribution in [3.8, 4) is 0 Å². The predicted molar refractivity (Wildman–Crippen MR) is 107 cm³/mol. The normalized spacial score (nSPS) is 23.5. The average molecular weight is 395 g/mol. The first-order valence-electron chi connectivity index (χ1n) is 10.3. The van der Waals surface area contributed by atoms with Gasteiger partial charge in [0.2, 0.25) is 5.91 Å². The molecule has 2 fully saturated rings. The van der Waals surface area contributed by atoms with Gasteiger partial charge in [-0.25, -0.2) is 0 Å². The summed E-state index contributed by atoms with van der Waals surface area (Å²) in [7, 11) is 0. The van der Waals surface area contributed by atoms with E-state index in [2.05, 4.69) is 15.6 Å². The first-order valence-corrected chi connectivity index (χ1v) is 10.3. The van der Waals surface area contributed by atoms with Gasteiger partial charge < -0.3 is 27.0 Å². The van der Waals surface area contributed by atoms with Crippen molar-refractivity contribution in [2.75, 3.05) is 13.1 Å². The van der Waals surface area contributed by atoms with Crippen molar-refractivity contribution >= 4 is 23.7 Å². The maximum Gasteiger partial charge on any atom is 0.253 e. The molecule has 3 amide bonds. The van der Waals surface area contributed by atoms with Crippen LogP contribution in [0.25, 0.3) is 0 Å². The molecule has 2 aliphatic rings. The molecule has 1 saturated carbocycles. The van der Waals surface area contributed by atoms with Crippen LogP contribution in [0.5, 0.6) is 0 Å². The minimum absolute atomic E-state index is 0.000103. The Kier molecular flexibility index (Phi) is 8.07. The van der Waals surface area contributed by atoms with E-state index in [1.165, 1.54) is 11.3 Å². The molecule has 2 rings (SSSR count). The molecular weight excluding hydrogens is 360 g/mol. The van der Waals surface area contributed by atoms with Gasteiger partial charge in [0.1, 0.15) is 6.04 Å². The van der Waals surface area contributed by atoms with Gasteiger partial charge in [-0.15, -0.1) is 0 Å². The van der Waals surface area contributed by atoms with E-state index < -0.39 is 18.0 Å². The smallest absolute Gasteiger partial charge is 0.253 e. The standard InChI is InChI=1S/C19H34N6O3/c1-12(2)11-25-15(16(26)23-13-7-4-3-5-8-13)17(27)24-14(18(25)28)9-6-10-22-19(20)21/h12-15H,3-11H2,1-2H3,(H,23,26)(H,24,27)(H4,20,21,22). The van der Waals surface area contributed by atoms with Crippen LogP contribution >= 0.6 is 0 Å². The van der Waals surface area contributed by atoms with Gasteiger partial charge in [-0.1, -0.05) is 33.1 Å². The van der Waals surface area contributed by atoms with Crippen molar-refractivity contribution in [3.05, 3.63) is 0 Å². The first kappa shape index (κ1) is 22.0. The van der Waals surface area contributed by atoms with E-state index in [1.807, 2.05) is 13.8 Å². The van der Waals surface area contributed by atoms with Crippen LogP contribution in [0.2, 0.25) is 0 Å². The summed E-state index contributed by atoms with van der Waals surface area (Å²) < 4.78 is 0. The van der Waals surface area contributed by atoms with Crippen LogP contribution < -0.4 is 22.1 Å². The van der Waals surface area contributed by atoms with Gasteiger partial charge in [0.25, 0.3) is 11.8 Å². The molecular formula is C19H34N6O3. The summed E-state index contributed by atoms with van der Waals surface area (Å²) in [5, 5.41) is 5.71. The third kappa shape index (κ3) is 6.10. The monoisotopic (exact) mass is 394 g/mol. The maximum absolute atomic E-state index is 13.0. The zero-order valence-corrected chi connectivity index (χ0v) is 16.9. The molecule has 0 bridgehead atoms. The Morgan fingerprint density at radius 2 is 1.93 bits per heavy atom. The second-order valence-corrected chi connectivity index (χ2v) is 8.14. The van der Waals surface area contributed by atoms with E-state index in [9.17, 15) is 14.4 Å². The molecule has 0 radical (unpaired) electrons. The summed E-state index contributed by atoms with van der Waals surface area (Å²) in [4.78, 5) is 43.9. The topological polar surface area (TPSA) is 143 Å². The number of aliphatic imine (C=N–C) groups is 1. The second kappa shape index (κ2) is 10.3. The zero-order valence-electron chi connectivity index (χ0n) is 16.9. The fraction of sp³-hybridized carbons (Fsp3) is 0.789. The van der Waals surface area contributed by atoms with Crippen LogP contribution in [0.1, 0.15) is 58.8 Å². The highest BCUT2D eigenvalue weighted by atomic mass is 16.2. The quantitative estimate of drug-likeness (QED) is 0.196. The number of carbonyl (C=O) groups is 3. The van der Waals surface area contributed by atoms with E-state index in [4.69, 9.17) is 11.5 Å². The Balaban J connectivity index is 2.05. The van der Waals surface area contributed by atoms with Crippen molar-refractivity contribution in [1.29, 1.82) is 0 Å². The lowest BCUT2D eigenvalue weighted by molar-refractivity contribution is -0.155. The highest BCUT2D eigenvalue weighted by Crippen LogP contribution is 2.20. The number of hydrogen-bond acceptors (Lipinski definition) is 4. The Bertz CT molecular complexity index is 596. The number of nitrogens with two attached hydrogens (primary N) is 2. The molecule has 6 N–H and O–H groups in total. The van der Waals surface area contributed by atoms with Gasteiger partial charge in [0.15, 0.2) is 12.0 Å². The van der Waals surface area contributed by atoms with Gasteiger partial charge in [0, 0.05) is 19.1 Å². The van der Waals surface area contributed by atoms with Gasteiger partial charge in [0.05, 0.1) is 0 Å². The Morgan fingerprint density at radius 3 is 2.54 bits per heavy atom. The minimum Gasteiger partial charge on any atom is -0.370 e. The molecule has 158 valence electrons. The molecule has 28 heavy (non-hydrogen) atoms. The van der Waals surface area contributed by atoms with Gasteiger partial charge in [-0.3, -0.25) is 19.4 Å². The van der Waals surface area contributed by atoms with E-state index in [0.29, 0.717) is 25.9 Å². The first-order chi connectivity index (χ1) is 13.3. The molecule has 1 heterocycles. The number of guanidine groups is 1. The summed E-state index contributed by atoms with van der Waals surface area (Å²) >= 11 is 0. The van der Waals surface area contributed by atoms with E-state index >= 15 is 0 Å². The van der Waals surface area contributed by atoms with Gasteiger partial charge >= 0.3 is 0 Å². The lowest BCUT2D eigenvalue weighted by Crippen LogP contribution is -2.68. The summed E-state index contributed by atoms with van der Waals surface area (Å²) in [6.45, 7) is 4.67. The van der Waals surface area contributed by atoms with Crippen LogP contribution in [-0.2, 0) is 14.4 Å². The van der Waals surface area contributed by atoms with Gasteiger partial charge in [-0.2, -0.15) is 0 Å². The number of carbonyl (C=O) groups excluding carboxylic acids is 3. The summed E-state index contributed by atoms with van der Waals surface area (Å²) in [5.74, 6) is -0.874. The van der Waals surface area contributed by atoms with Crippen molar-refractivity contribution in [2.24, 2.45) is 22.4 Å². The van der Waals surface area contributed by atoms with Crippen molar-refractivity contribution in [2.45, 2.75) is 76.9 Å². The zero-order chi connectivity index (χ0) is 20.7. The van der Waals surface area contributed by atoms with Crippen LogP contribution in [0.15, 0.2) is 4.99 Å².